The fraction of sp³-hybridized carbons (Fsp3) is 0.273. The van der Waals surface area contributed by atoms with Gasteiger partial charge in [0.25, 0.3) is 0 Å². The smallest absolute Gasteiger partial charge is 0.313 e. The molecular weight excluding hydrogens is 246 g/mol. The average molecular weight is 258 g/mol. The van der Waals surface area contributed by atoms with Crippen LogP contribution in [0, 0.1) is 11.6 Å². The molecule has 1 unspecified atom stereocenters. The number of benzene rings is 1. The predicted octanol–water partition coefficient (Wildman–Crippen LogP) is 0.400. The minimum atomic E-state index is -1.14. The van der Waals surface area contributed by atoms with Gasteiger partial charge in [-0.1, -0.05) is 0 Å². The fourth-order valence-corrected chi connectivity index (χ4v) is 1.09. The Morgan fingerprint density at radius 1 is 1.33 bits per heavy atom. The van der Waals surface area contributed by atoms with Crippen LogP contribution in [0.1, 0.15) is 6.92 Å². The Morgan fingerprint density at radius 3 is 2.61 bits per heavy atom. The highest BCUT2D eigenvalue weighted by molar-refractivity contribution is 6.39. The number of anilines is 1. The van der Waals surface area contributed by atoms with Crippen LogP contribution in [0.4, 0.5) is 14.5 Å². The first-order valence-electron chi connectivity index (χ1n) is 5.12. The normalized spacial score (nSPS) is 11.8. The summed E-state index contributed by atoms with van der Waals surface area (Å²) in [5.74, 6) is -3.77. The zero-order chi connectivity index (χ0) is 13.7. The molecule has 1 rings (SSSR count). The second-order valence-electron chi connectivity index (χ2n) is 3.64. The molecule has 0 aliphatic heterocycles. The van der Waals surface area contributed by atoms with Gasteiger partial charge in [0.1, 0.15) is 11.6 Å². The second-order valence-corrected chi connectivity index (χ2v) is 3.64. The first-order valence-corrected chi connectivity index (χ1v) is 5.12. The highest BCUT2D eigenvalue weighted by Crippen LogP contribution is 2.14. The molecule has 0 saturated heterocycles. The Balaban J connectivity index is 2.64. The Bertz CT molecular complexity index is 464. The van der Waals surface area contributed by atoms with Gasteiger partial charge >= 0.3 is 11.8 Å². The molecule has 0 spiro atoms. The van der Waals surface area contributed by atoms with E-state index in [9.17, 15) is 18.4 Å². The summed E-state index contributed by atoms with van der Waals surface area (Å²) < 4.78 is 26.0. The molecule has 0 aliphatic carbocycles. The number of hydrogen-bond donors (Lipinski definition) is 3. The maximum absolute atomic E-state index is 13.2. The molecule has 1 atom stereocenters. The van der Waals surface area contributed by atoms with Crippen LogP contribution in [-0.2, 0) is 9.59 Å². The lowest BCUT2D eigenvalue weighted by Gasteiger charge is -2.08. The molecule has 7 heteroatoms. The molecule has 3 N–H and O–H groups in total. The molecule has 0 aliphatic rings. The number of halogens is 2. The van der Waals surface area contributed by atoms with Crippen molar-refractivity contribution in [2.75, 3.05) is 11.9 Å². The van der Waals surface area contributed by atoms with Crippen LogP contribution in [0.25, 0.3) is 0 Å². The van der Waals surface area contributed by atoms with Crippen molar-refractivity contribution >= 4 is 17.5 Å². The highest BCUT2D eigenvalue weighted by Gasteiger charge is 2.16. The summed E-state index contributed by atoms with van der Waals surface area (Å²) in [6.45, 7) is 1.31. The fourth-order valence-electron chi connectivity index (χ4n) is 1.09. The summed E-state index contributed by atoms with van der Waals surface area (Å²) >= 11 is 0. The molecule has 1 aromatic carbocycles. The van der Waals surface area contributed by atoms with Gasteiger partial charge in [-0.05, 0) is 19.1 Å². The molecule has 0 fully saturated rings. The lowest BCUT2D eigenvalue weighted by molar-refractivity contribution is -0.136. The summed E-state index contributed by atoms with van der Waals surface area (Å²) in [5.41, 5.74) is -0.424. The van der Waals surface area contributed by atoms with E-state index in [0.717, 1.165) is 18.2 Å². The predicted molar refractivity (Wildman–Crippen MR) is 59.7 cm³/mol. The number of aliphatic hydroxyl groups excluding tert-OH is 1. The third-order valence-corrected chi connectivity index (χ3v) is 1.94. The summed E-state index contributed by atoms with van der Waals surface area (Å²) in [5, 5.41) is 12.9. The van der Waals surface area contributed by atoms with E-state index in [4.69, 9.17) is 5.11 Å². The van der Waals surface area contributed by atoms with Gasteiger partial charge in [-0.15, -0.1) is 0 Å². The minimum absolute atomic E-state index is 0.113. The number of amides is 2. The summed E-state index contributed by atoms with van der Waals surface area (Å²) in [6, 6.07) is 2.48. The van der Waals surface area contributed by atoms with Crippen LogP contribution in [0.3, 0.4) is 0 Å². The monoisotopic (exact) mass is 258 g/mol. The Kier molecular flexibility index (Phi) is 4.73. The lowest BCUT2D eigenvalue weighted by atomic mass is 10.3. The van der Waals surface area contributed by atoms with Crippen LogP contribution in [0.2, 0.25) is 0 Å². The molecule has 5 nitrogen and oxygen atoms in total. The molecule has 18 heavy (non-hydrogen) atoms. The Labute approximate surface area is 102 Å². The summed E-state index contributed by atoms with van der Waals surface area (Å²) in [4.78, 5) is 22.5. The van der Waals surface area contributed by atoms with Gasteiger partial charge in [-0.3, -0.25) is 9.59 Å². The molecule has 1 aromatic rings. The van der Waals surface area contributed by atoms with Crippen molar-refractivity contribution < 1.29 is 23.5 Å². The van der Waals surface area contributed by atoms with Crippen LogP contribution >= 0.6 is 0 Å². The zero-order valence-electron chi connectivity index (χ0n) is 9.54. The minimum Gasteiger partial charge on any atom is -0.392 e. The third kappa shape index (κ3) is 4.10. The molecular formula is C11H12F2N2O3. The largest absolute Gasteiger partial charge is 0.392 e. The molecule has 0 bridgehead atoms. The number of hydrogen-bond acceptors (Lipinski definition) is 3. The van der Waals surface area contributed by atoms with Gasteiger partial charge in [0.05, 0.1) is 11.8 Å². The van der Waals surface area contributed by atoms with E-state index < -0.39 is 35.2 Å². The van der Waals surface area contributed by atoms with Crippen molar-refractivity contribution in [3.8, 4) is 0 Å². The van der Waals surface area contributed by atoms with Crippen molar-refractivity contribution in [2.45, 2.75) is 13.0 Å². The van der Waals surface area contributed by atoms with Crippen molar-refractivity contribution in [3.05, 3.63) is 29.8 Å². The van der Waals surface area contributed by atoms with E-state index in [2.05, 4.69) is 5.32 Å². The first kappa shape index (κ1) is 14.0. The van der Waals surface area contributed by atoms with Crippen molar-refractivity contribution in [3.63, 3.8) is 0 Å². The molecule has 0 aromatic heterocycles. The molecule has 0 radical (unpaired) electrons. The van der Waals surface area contributed by atoms with Crippen molar-refractivity contribution in [1.82, 2.24) is 5.32 Å². The first-order chi connectivity index (χ1) is 8.40. The van der Waals surface area contributed by atoms with Crippen LogP contribution in [0.15, 0.2) is 18.2 Å². The van der Waals surface area contributed by atoms with Crippen molar-refractivity contribution in [1.29, 1.82) is 0 Å². The topological polar surface area (TPSA) is 78.4 Å². The SMILES string of the molecule is CC(O)CNC(=O)C(=O)Nc1cc(F)ccc1F. The molecule has 2 amide bonds. The number of carbonyl (C=O) groups excluding carboxylic acids is 2. The van der Waals surface area contributed by atoms with Gasteiger partial charge in [0.2, 0.25) is 0 Å². The van der Waals surface area contributed by atoms with E-state index in [1.807, 2.05) is 5.32 Å². The maximum atomic E-state index is 13.2. The van der Waals surface area contributed by atoms with Crippen molar-refractivity contribution in [2.24, 2.45) is 0 Å². The molecule has 0 heterocycles. The average Bonchev–Trinajstić information content (AvgIpc) is 2.30. The van der Waals surface area contributed by atoms with E-state index in [1.165, 1.54) is 6.92 Å². The van der Waals surface area contributed by atoms with Gasteiger partial charge < -0.3 is 15.7 Å². The Hall–Kier alpha value is -2.02. The number of rotatable bonds is 3. The van der Waals surface area contributed by atoms with Gasteiger partial charge in [-0.25, -0.2) is 8.78 Å². The maximum Gasteiger partial charge on any atom is 0.313 e. The highest BCUT2D eigenvalue weighted by atomic mass is 19.1. The standard InChI is InChI=1S/C11H12F2N2O3/c1-6(16)5-14-10(17)11(18)15-9-4-7(12)2-3-8(9)13/h2-4,6,16H,5H2,1H3,(H,14,17)(H,15,18). The number of aliphatic hydroxyl groups is 1. The summed E-state index contributed by atoms with van der Waals surface area (Å²) in [7, 11) is 0. The van der Waals surface area contributed by atoms with Crippen LogP contribution in [-0.4, -0.2) is 29.6 Å². The Morgan fingerprint density at radius 2 is 2.00 bits per heavy atom. The van der Waals surface area contributed by atoms with Crippen LogP contribution in [0.5, 0.6) is 0 Å². The van der Waals surface area contributed by atoms with Crippen LogP contribution < -0.4 is 10.6 Å². The van der Waals surface area contributed by atoms with Gasteiger partial charge in [0, 0.05) is 12.6 Å². The van der Waals surface area contributed by atoms with E-state index in [1.54, 1.807) is 0 Å². The van der Waals surface area contributed by atoms with E-state index in [0.29, 0.717) is 0 Å². The summed E-state index contributed by atoms with van der Waals surface area (Å²) in [6.07, 6.45) is -0.812. The quantitative estimate of drug-likeness (QED) is 0.687. The lowest BCUT2D eigenvalue weighted by Crippen LogP contribution is -2.39. The second kappa shape index (κ2) is 6.06. The zero-order valence-corrected chi connectivity index (χ0v) is 9.54. The van der Waals surface area contributed by atoms with E-state index in [-0.39, 0.29) is 6.54 Å². The van der Waals surface area contributed by atoms with Gasteiger partial charge in [-0.2, -0.15) is 0 Å². The van der Waals surface area contributed by atoms with E-state index >= 15 is 0 Å². The third-order valence-electron chi connectivity index (χ3n) is 1.94. The molecule has 98 valence electrons. The molecule has 0 saturated carbocycles. The van der Waals surface area contributed by atoms with Gasteiger partial charge in [0.15, 0.2) is 0 Å². The number of carbonyl (C=O) groups is 2. The number of nitrogens with one attached hydrogen (secondary N) is 2.